The molecular weight excluding hydrogens is 267 g/mol. The zero-order valence-electron chi connectivity index (χ0n) is 6.51. The molecule has 0 bridgehead atoms. The summed E-state index contributed by atoms with van der Waals surface area (Å²) < 4.78 is 38.8. The minimum absolute atomic E-state index is 0.0283. The van der Waals surface area contributed by atoms with Gasteiger partial charge in [0.25, 0.3) is 0 Å². The third-order valence-corrected chi connectivity index (χ3v) is 1.75. The summed E-state index contributed by atoms with van der Waals surface area (Å²) >= 11 is 2.79. The maximum absolute atomic E-state index is 11.8. The van der Waals surface area contributed by atoms with Gasteiger partial charge in [-0.2, -0.15) is 0 Å². The van der Waals surface area contributed by atoms with E-state index in [2.05, 4.69) is 25.7 Å². The molecule has 0 saturated carbocycles. The summed E-state index contributed by atoms with van der Waals surface area (Å²) in [5, 5.41) is 0. The first-order valence-electron chi connectivity index (χ1n) is 3.29. The Labute approximate surface area is 85.0 Å². The van der Waals surface area contributed by atoms with Crippen molar-refractivity contribution in [1.29, 1.82) is 0 Å². The van der Waals surface area contributed by atoms with E-state index in [0.29, 0.717) is 6.29 Å². The van der Waals surface area contributed by atoms with E-state index in [-0.39, 0.29) is 10.0 Å². The number of aldehydes is 1. The number of aromatic nitrogens is 1. The van der Waals surface area contributed by atoms with Crippen LogP contribution >= 0.6 is 15.9 Å². The Hall–Kier alpha value is -1.11. The van der Waals surface area contributed by atoms with E-state index >= 15 is 0 Å². The van der Waals surface area contributed by atoms with Crippen LogP contribution in [0.1, 0.15) is 10.4 Å². The van der Waals surface area contributed by atoms with E-state index in [9.17, 15) is 18.0 Å². The molecule has 1 aromatic heterocycles. The molecule has 7 heteroatoms. The largest absolute Gasteiger partial charge is 0.574 e. The van der Waals surface area contributed by atoms with Crippen LogP contribution in [0.2, 0.25) is 0 Å². The molecule has 0 aliphatic carbocycles. The second kappa shape index (κ2) is 3.95. The fraction of sp³-hybridized carbons (Fsp3) is 0.143. The molecule has 3 nitrogen and oxygen atoms in total. The van der Waals surface area contributed by atoms with Gasteiger partial charge in [-0.15, -0.1) is 13.2 Å². The van der Waals surface area contributed by atoms with Gasteiger partial charge in [-0.25, -0.2) is 4.98 Å². The van der Waals surface area contributed by atoms with Gasteiger partial charge in [0, 0.05) is 11.8 Å². The highest BCUT2D eigenvalue weighted by molar-refractivity contribution is 9.10. The van der Waals surface area contributed by atoms with Crippen molar-refractivity contribution in [2.24, 2.45) is 0 Å². The summed E-state index contributed by atoms with van der Waals surface area (Å²) in [6.45, 7) is 0. The topological polar surface area (TPSA) is 39.2 Å². The molecule has 1 aromatic rings. The van der Waals surface area contributed by atoms with Gasteiger partial charge in [-0.3, -0.25) is 4.79 Å². The molecule has 0 fully saturated rings. The zero-order valence-corrected chi connectivity index (χ0v) is 8.09. The van der Waals surface area contributed by atoms with Gasteiger partial charge in [-0.05, 0) is 22.0 Å². The summed E-state index contributed by atoms with van der Waals surface area (Å²) in [5.74, 6) is -0.622. The highest BCUT2D eigenvalue weighted by Gasteiger charge is 2.32. The van der Waals surface area contributed by atoms with Crippen LogP contribution in [-0.4, -0.2) is 17.6 Å². The van der Waals surface area contributed by atoms with E-state index in [4.69, 9.17) is 0 Å². The molecule has 0 aliphatic heterocycles. The van der Waals surface area contributed by atoms with Crippen molar-refractivity contribution in [3.8, 4) is 5.88 Å². The number of ether oxygens (including phenoxy) is 1. The smallest absolute Gasteiger partial charge is 0.387 e. The van der Waals surface area contributed by atoms with Gasteiger partial charge in [0.05, 0.1) is 4.47 Å². The second-order valence-electron chi connectivity index (χ2n) is 2.22. The number of pyridine rings is 1. The van der Waals surface area contributed by atoms with Crippen molar-refractivity contribution < 1.29 is 22.7 Å². The SMILES string of the molecule is O=Cc1cnc(OC(F)(F)F)c(Br)c1. The number of nitrogens with zero attached hydrogens (tertiary/aromatic N) is 1. The van der Waals surface area contributed by atoms with E-state index in [1.54, 1.807) is 0 Å². The molecular formula is C7H3BrF3NO2. The highest BCUT2D eigenvalue weighted by atomic mass is 79.9. The minimum Gasteiger partial charge on any atom is -0.387 e. The normalized spacial score (nSPS) is 11.1. The molecule has 0 aliphatic rings. The molecule has 0 amide bonds. The maximum Gasteiger partial charge on any atom is 0.574 e. The van der Waals surface area contributed by atoms with E-state index in [1.807, 2.05) is 0 Å². The Kier molecular flexibility index (Phi) is 3.10. The van der Waals surface area contributed by atoms with Crippen molar-refractivity contribution in [3.63, 3.8) is 0 Å². The van der Waals surface area contributed by atoms with Gasteiger partial charge < -0.3 is 4.74 Å². The van der Waals surface area contributed by atoms with E-state index in [0.717, 1.165) is 6.20 Å². The lowest BCUT2D eigenvalue weighted by molar-refractivity contribution is -0.276. The van der Waals surface area contributed by atoms with E-state index < -0.39 is 12.2 Å². The Morgan fingerprint density at radius 2 is 2.14 bits per heavy atom. The van der Waals surface area contributed by atoms with Gasteiger partial charge in [0.1, 0.15) is 0 Å². The number of hydrogen-bond acceptors (Lipinski definition) is 3. The van der Waals surface area contributed by atoms with Gasteiger partial charge in [0.2, 0.25) is 5.88 Å². The lowest BCUT2D eigenvalue weighted by atomic mass is 10.3. The first-order valence-corrected chi connectivity index (χ1v) is 4.08. The monoisotopic (exact) mass is 269 g/mol. The lowest BCUT2D eigenvalue weighted by Crippen LogP contribution is -2.18. The van der Waals surface area contributed by atoms with Crippen LogP contribution in [0.25, 0.3) is 0 Å². The van der Waals surface area contributed by atoms with Crippen LogP contribution in [0, 0.1) is 0 Å². The van der Waals surface area contributed by atoms with Crippen molar-refractivity contribution in [2.45, 2.75) is 6.36 Å². The Morgan fingerprint density at radius 1 is 1.50 bits per heavy atom. The summed E-state index contributed by atoms with van der Waals surface area (Å²) in [6, 6.07) is 1.18. The lowest BCUT2D eigenvalue weighted by Gasteiger charge is -2.08. The van der Waals surface area contributed by atoms with Crippen LogP contribution in [-0.2, 0) is 0 Å². The average molecular weight is 270 g/mol. The predicted molar refractivity (Wildman–Crippen MR) is 44.0 cm³/mol. The van der Waals surface area contributed by atoms with Crippen LogP contribution in [0.5, 0.6) is 5.88 Å². The number of halogens is 4. The summed E-state index contributed by atoms with van der Waals surface area (Å²) in [7, 11) is 0. The standard InChI is InChI=1S/C7H3BrF3NO2/c8-5-1-4(3-13)2-12-6(5)14-7(9,10)11/h1-3H. The van der Waals surface area contributed by atoms with Crippen LogP contribution in [0.3, 0.4) is 0 Å². The van der Waals surface area contributed by atoms with Crippen molar-refractivity contribution in [3.05, 3.63) is 22.3 Å². The molecule has 0 spiro atoms. The van der Waals surface area contributed by atoms with Crippen LogP contribution in [0.4, 0.5) is 13.2 Å². The zero-order chi connectivity index (χ0) is 10.8. The Bertz CT molecular complexity index is 353. The number of carbonyl (C=O) groups is 1. The van der Waals surface area contributed by atoms with Crippen molar-refractivity contribution >= 4 is 22.2 Å². The fourth-order valence-electron chi connectivity index (χ4n) is 0.689. The molecule has 14 heavy (non-hydrogen) atoms. The minimum atomic E-state index is -4.79. The average Bonchev–Trinajstić information content (AvgIpc) is 2.06. The molecule has 0 unspecified atom stereocenters. The van der Waals surface area contributed by atoms with E-state index in [1.165, 1.54) is 6.07 Å². The third kappa shape index (κ3) is 2.99. The van der Waals surface area contributed by atoms with Crippen LogP contribution < -0.4 is 4.74 Å². The third-order valence-electron chi connectivity index (χ3n) is 1.18. The predicted octanol–water partition coefficient (Wildman–Crippen LogP) is 2.56. The Balaban J connectivity index is 2.95. The molecule has 1 heterocycles. The van der Waals surface area contributed by atoms with Gasteiger partial charge >= 0.3 is 6.36 Å². The molecule has 0 N–H and O–H groups in total. The summed E-state index contributed by atoms with van der Waals surface area (Å²) in [6.07, 6.45) is -3.34. The van der Waals surface area contributed by atoms with Gasteiger partial charge in [0.15, 0.2) is 6.29 Å². The molecule has 0 atom stereocenters. The van der Waals surface area contributed by atoms with Crippen molar-refractivity contribution in [2.75, 3.05) is 0 Å². The number of carbonyl (C=O) groups excluding carboxylic acids is 1. The second-order valence-corrected chi connectivity index (χ2v) is 3.08. The maximum atomic E-state index is 11.8. The first kappa shape index (κ1) is 11.0. The first-order chi connectivity index (χ1) is 6.42. The molecule has 0 aromatic carbocycles. The van der Waals surface area contributed by atoms with Crippen LogP contribution in [0.15, 0.2) is 16.7 Å². The summed E-state index contributed by atoms with van der Waals surface area (Å²) in [4.78, 5) is 13.5. The quantitative estimate of drug-likeness (QED) is 0.775. The molecule has 1 rings (SSSR count). The van der Waals surface area contributed by atoms with Crippen molar-refractivity contribution in [1.82, 2.24) is 4.98 Å². The van der Waals surface area contributed by atoms with Gasteiger partial charge in [-0.1, -0.05) is 0 Å². The molecule has 0 saturated heterocycles. The Morgan fingerprint density at radius 3 is 2.57 bits per heavy atom. The number of hydrogen-bond donors (Lipinski definition) is 0. The number of rotatable bonds is 2. The fourth-order valence-corrected chi connectivity index (χ4v) is 1.14. The molecule has 76 valence electrons. The molecule has 0 radical (unpaired) electrons. The number of alkyl halides is 3. The highest BCUT2D eigenvalue weighted by Crippen LogP contribution is 2.28. The summed E-state index contributed by atoms with van der Waals surface area (Å²) in [5.41, 5.74) is 0.159.